The number of carbonyl (C=O) groups is 1. The van der Waals surface area contributed by atoms with Gasteiger partial charge in [-0.05, 0) is 43.7 Å². The SMILES string of the molecule is CCOCCOCc1cccc(NC(=O)c2sc(-c3cccc(Cl)c3)nc2C)c1. The summed E-state index contributed by atoms with van der Waals surface area (Å²) in [6, 6.07) is 15.1. The van der Waals surface area contributed by atoms with Gasteiger partial charge in [-0.2, -0.15) is 0 Å². The zero-order valence-corrected chi connectivity index (χ0v) is 18.0. The van der Waals surface area contributed by atoms with Crippen LogP contribution in [0.1, 0.15) is 27.9 Å². The lowest BCUT2D eigenvalue weighted by atomic mass is 10.2. The molecule has 0 spiro atoms. The number of benzene rings is 2. The van der Waals surface area contributed by atoms with Gasteiger partial charge >= 0.3 is 0 Å². The molecule has 0 aliphatic carbocycles. The van der Waals surface area contributed by atoms with E-state index < -0.39 is 0 Å². The van der Waals surface area contributed by atoms with Gasteiger partial charge in [0.15, 0.2) is 0 Å². The number of hydrogen-bond donors (Lipinski definition) is 1. The second-order valence-corrected chi connectivity index (χ2v) is 7.78. The normalized spacial score (nSPS) is 10.9. The van der Waals surface area contributed by atoms with Crippen molar-refractivity contribution in [3.8, 4) is 10.6 Å². The van der Waals surface area contributed by atoms with E-state index >= 15 is 0 Å². The van der Waals surface area contributed by atoms with Crippen molar-refractivity contribution in [3.63, 3.8) is 0 Å². The third-order valence-electron chi connectivity index (χ3n) is 4.10. The molecule has 3 aromatic rings. The van der Waals surface area contributed by atoms with Crippen LogP contribution in [0.15, 0.2) is 48.5 Å². The van der Waals surface area contributed by atoms with Crippen molar-refractivity contribution in [2.24, 2.45) is 0 Å². The molecule has 5 nitrogen and oxygen atoms in total. The summed E-state index contributed by atoms with van der Waals surface area (Å²) in [4.78, 5) is 17.9. The standard InChI is InChI=1S/C22H23ClN2O3S/c1-3-27-10-11-28-14-16-6-4-9-19(12-16)25-21(26)20-15(2)24-22(29-20)17-7-5-8-18(23)13-17/h4-9,12-13H,3,10-11,14H2,1-2H3,(H,25,26). The number of hydrogen-bond acceptors (Lipinski definition) is 5. The molecule has 3 rings (SSSR count). The number of thiazole rings is 1. The first-order valence-electron chi connectivity index (χ1n) is 9.36. The van der Waals surface area contributed by atoms with Gasteiger partial charge in [0.05, 0.1) is 25.5 Å². The van der Waals surface area contributed by atoms with Crippen LogP contribution < -0.4 is 5.32 Å². The topological polar surface area (TPSA) is 60.5 Å². The van der Waals surface area contributed by atoms with E-state index in [0.29, 0.717) is 42.0 Å². The monoisotopic (exact) mass is 430 g/mol. The number of nitrogens with zero attached hydrogens (tertiary/aromatic N) is 1. The average Bonchev–Trinajstić information content (AvgIpc) is 3.10. The second-order valence-electron chi connectivity index (χ2n) is 6.35. The Balaban J connectivity index is 1.65. The first-order valence-corrected chi connectivity index (χ1v) is 10.6. The summed E-state index contributed by atoms with van der Waals surface area (Å²) < 4.78 is 10.8. The van der Waals surface area contributed by atoms with Crippen LogP contribution in [0.5, 0.6) is 0 Å². The van der Waals surface area contributed by atoms with E-state index in [0.717, 1.165) is 21.8 Å². The average molecular weight is 431 g/mol. The van der Waals surface area contributed by atoms with Crippen LogP contribution in [-0.2, 0) is 16.1 Å². The first kappa shape index (κ1) is 21.5. The van der Waals surface area contributed by atoms with Crippen molar-refractivity contribution >= 4 is 34.5 Å². The molecule has 1 heterocycles. The largest absolute Gasteiger partial charge is 0.379 e. The van der Waals surface area contributed by atoms with E-state index in [-0.39, 0.29) is 5.91 Å². The van der Waals surface area contributed by atoms with E-state index in [2.05, 4.69) is 10.3 Å². The minimum absolute atomic E-state index is 0.178. The molecule has 0 aliphatic rings. The van der Waals surface area contributed by atoms with Crippen molar-refractivity contribution in [3.05, 3.63) is 69.7 Å². The van der Waals surface area contributed by atoms with E-state index in [9.17, 15) is 4.79 Å². The molecule has 0 atom stereocenters. The maximum Gasteiger partial charge on any atom is 0.267 e. The van der Waals surface area contributed by atoms with Crippen LogP contribution in [0, 0.1) is 6.92 Å². The zero-order chi connectivity index (χ0) is 20.6. The van der Waals surface area contributed by atoms with Gasteiger partial charge in [-0.3, -0.25) is 4.79 Å². The number of aryl methyl sites for hydroxylation is 1. The molecule has 1 N–H and O–H groups in total. The highest BCUT2D eigenvalue weighted by atomic mass is 35.5. The lowest BCUT2D eigenvalue weighted by Gasteiger charge is -2.08. The van der Waals surface area contributed by atoms with Gasteiger partial charge in [0.2, 0.25) is 0 Å². The summed E-state index contributed by atoms with van der Waals surface area (Å²) in [5, 5.41) is 4.36. The fourth-order valence-electron chi connectivity index (χ4n) is 2.73. The molecule has 1 aromatic heterocycles. The summed E-state index contributed by atoms with van der Waals surface area (Å²) in [5.74, 6) is -0.178. The smallest absolute Gasteiger partial charge is 0.267 e. The summed E-state index contributed by atoms with van der Waals surface area (Å²) in [6.45, 7) is 6.05. The van der Waals surface area contributed by atoms with Crippen LogP contribution in [0.2, 0.25) is 5.02 Å². The number of aromatic nitrogens is 1. The number of halogens is 1. The molecule has 2 aromatic carbocycles. The maximum absolute atomic E-state index is 12.8. The fraction of sp³-hybridized carbons (Fsp3) is 0.273. The van der Waals surface area contributed by atoms with Crippen LogP contribution in [-0.4, -0.2) is 30.7 Å². The van der Waals surface area contributed by atoms with Crippen LogP contribution in [0.25, 0.3) is 10.6 Å². The fourth-order valence-corrected chi connectivity index (χ4v) is 3.88. The second kappa shape index (κ2) is 10.5. The predicted octanol–water partition coefficient (Wildman–Crippen LogP) is 5.58. The maximum atomic E-state index is 12.8. The Morgan fingerprint density at radius 2 is 1.93 bits per heavy atom. The Kier molecular flexibility index (Phi) is 7.77. The predicted molar refractivity (Wildman–Crippen MR) is 118 cm³/mol. The van der Waals surface area contributed by atoms with Gasteiger partial charge < -0.3 is 14.8 Å². The molecule has 0 fully saturated rings. The Labute approximate surface area is 179 Å². The Morgan fingerprint density at radius 3 is 2.72 bits per heavy atom. The minimum Gasteiger partial charge on any atom is -0.379 e. The van der Waals surface area contributed by atoms with Crippen molar-refractivity contribution in [2.45, 2.75) is 20.5 Å². The molecular formula is C22H23ClN2O3S. The van der Waals surface area contributed by atoms with Crippen molar-refractivity contribution in [1.82, 2.24) is 4.98 Å². The van der Waals surface area contributed by atoms with E-state index in [1.807, 2.05) is 62.4 Å². The molecule has 0 radical (unpaired) electrons. The van der Waals surface area contributed by atoms with Crippen molar-refractivity contribution < 1.29 is 14.3 Å². The summed E-state index contributed by atoms with van der Waals surface area (Å²) in [7, 11) is 0. The van der Waals surface area contributed by atoms with E-state index in [4.69, 9.17) is 21.1 Å². The molecule has 0 saturated heterocycles. The van der Waals surface area contributed by atoms with Gasteiger partial charge in [-0.15, -0.1) is 11.3 Å². The van der Waals surface area contributed by atoms with Crippen LogP contribution >= 0.6 is 22.9 Å². The summed E-state index contributed by atoms with van der Waals surface area (Å²) in [6.07, 6.45) is 0. The number of ether oxygens (including phenoxy) is 2. The molecule has 1 amide bonds. The molecule has 0 saturated carbocycles. The Morgan fingerprint density at radius 1 is 1.14 bits per heavy atom. The molecular weight excluding hydrogens is 408 g/mol. The van der Waals surface area contributed by atoms with E-state index in [1.54, 1.807) is 0 Å². The highest BCUT2D eigenvalue weighted by molar-refractivity contribution is 7.17. The van der Waals surface area contributed by atoms with Gasteiger partial charge in [0, 0.05) is 22.9 Å². The quantitative estimate of drug-likeness (QED) is 0.450. The number of nitrogens with one attached hydrogen (secondary N) is 1. The van der Waals surface area contributed by atoms with Crippen molar-refractivity contribution in [1.29, 1.82) is 0 Å². The number of amides is 1. The number of rotatable bonds is 9. The summed E-state index contributed by atoms with van der Waals surface area (Å²) >= 11 is 7.42. The molecule has 29 heavy (non-hydrogen) atoms. The van der Waals surface area contributed by atoms with Gasteiger partial charge in [-0.25, -0.2) is 4.98 Å². The zero-order valence-electron chi connectivity index (χ0n) is 16.4. The Hall–Kier alpha value is -2.25. The third-order valence-corrected chi connectivity index (χ3v) is 5.54. The summed E-state index contributed by atoms with van der Waals surface area (Å²) in [5.41, 5.74) is 3.30. The van der Waals surface area contributed by atoms with Crippen LogP contribution in [0.3, 0.4) is 0 Å². The third kappa shape index (κ3) is 6.11. The molecule has 0 bridgehead atoms. The Bertz CT molecular complexity index is 974. The molecule has 0 aliphatic heterocycles. The molecule has 152 valence electrons. The molecule has 7 heteroatoms. The molecule has 0 unspecified atom stereocenters. The highest BCUT2D eigenvalue weighted by Gasteiger charge is 2.16. The van der Waals surface area contributed by atoms with Gasteiger partial charge in [0.1, 0.15) is 9.88 Å². The van der Waals surface area contributed by atoms with Gasteiger partial charge in [0.25, 0.3) is 5.91 Å². The lowest BCUT2D eigenvalue weighted by molar-refractivity contribution is 0.0453. The first-order chi connectivity index (χ1) is 14.1. The van der Waals surface area contributed by atoms with Crippen molar-refractivity contribution in [2.75, 3.05) is 25.1 Å². The number of anilines is 1. The van der Waals surface area contributed by atoms with Gasteiger partial charge in [-0.1, -0.05) is 35.9 Å². The van der Waals surface area contributed by atoms with Crippen LogP contribution in [0.4, 0.5) is 5.69 Å². The minimum atomic E-state index is -0.178. The highest BCUT2D eigenvalue weighted by Crippen LogP contribution is 2.30. The van der Waals surface area contributed by atoms with E-state index in [1.165, 1.54) is 11.3 Å². The number of carbonyl (C=O) groups excluding carboxylic acids is 1. The lowest BCUT2D eigenvalue weighted by Crippen LogP contribution is -2.11.